The van der Waals surface area contributed by atoms with E-state index in [1.165, 1.54) is 26.4 Å². The molecule has 0 heterocycles. The Bertz CT molecular complexity index is 704. The van der Waals surface area contributed by atoms with Crippen LogP contribution >= 0.6 is 15.9 Å². The van der Waals surface area contributed by atoms with Crippen LogP contribution in [0.1, 0.15) is 17.2 Å². The summed E-state index contributed by atoms with van der Waals surface area (Å²) in [5.41, 5.74) is 0.440. The van der Waals surface area contributed by atoms with Gasteiger partial charge >= 0.3 is 0 Å². The maximum absolute atomic E-state index is 11.3. The van der Waals surface area contributed by atoms with Crippen molar-refractivity contribution in [2.75, 3.05) is 14.2 Å². The summed E-state index contributed by atoms with van der Waals surface area (Å²) in [7, 11) is 2.82. The van der Waals surface area contributed by atoms with E-state index in [2.05, 4.69) is 15.9 Å². The third-order valence-electron chi connectivity index (χ3n) is 3.19. The maximum Gasteiger partial charge on any atom is 0.279 e. The average Bonchev–Trinajstić information content (AvgIpc) is 2.52. The molecule has 0 aliphatic heterocycles. The fourth-order valence-corrected chi connectivity index (χ4v) is 2.53. The van der Waals surface area contributed by atoms with Gasteiger partial charge in [0.15, 0.2) is 11.5 Å². The van der Waals surface area contributed by atoms with Crippen molar-refractivity contribution in [3.8, 4) is 11.5 Å². The van der Waals surface area contributed by atoms with Crippen molar-refractivity contribution < 1.29 is 19.5 Å². The smallest absolute Gasteiger partial charge is 0.279 e. The first-order valence-corrected chi connectivity index (χ1v) is 7.11. The van der Waals surface area contributed by atoms with Crippen LogP contribution in [0.15, 0.2) is 40.9 Å². The van der Waals surface area contributed by atoms with Crippen LogP contribution in [0.5, 0.6) is 11.5 Å². The lowest BCUT2D eigenvalue weighted by atomic mass is 9.99. The number of aliphatic hydroxyl groups is 1. The van der Waals surface area contributed by atoms with Crippen molar-refractivity contribution in [2.24, 2.45) is 0 Å². The number of nitro benzene ring substituents is 1. The molecule has 2 aromatic carbocycles. The van der Waals surface area contributed by atoms with E-state index in [1.807, 2.05) is 0 Å². The number of methoxy groups -OCH3 is 2. The molecule has 0 spiro atoms. The molecule has 0 aliphatic carbocycles. The fourth-order valence-electron chi connectivity index (χ4n) is 2.12. The van der Waals surface area contributed by atoms with Gasteiger partial charge in [-0.2, -0.15) is 0 Å². The van der Waals surface area contributed by atoms with E-state index < -0.39 is 11.0 Å². The SMILES string of the molecule is COc1cc(C(O)c2cccc(Br)c2)c([N+](=O)[O-])cc1OC. The van der Waals surface area contributed by atoms with Gasteiger partial charge in [-0.25, -0.2) is 0 Å². The number of ether oxygens (including phenoxy) is 2. The van der Waals surface area contributed by atoms with Crippen molar-refractivity contribution in [1.29, 1.82) is 0 Å². The summed E-state index contributed by atoms with van der Waals surface area (Å²) in [6.07, 6.45) is -1.15. The molecule has 0 aromatic heterocycles. The first kappa shape index (κ1) is 16.3. The Morgan fingerprint density at radius 1 is 1.18 bits per heavy atom. The standard InChI is InChI=1S/C15H14BrNO5/c1-21-13-7-11(12(17(19)20)8-14(13)22-2)15(18)9-4-3-5-10(16)6-9/h3-8,15,18H,1-2H3. The van der Waals surface area contributed by atoms with Crippen molar-refractivity contribution >= 4 is 21.6 Å². The monoisotopic (exact) mass is 367 g/mol. The molecule has 22 heavy (non-hydrogen) atoms. The molecular weight excluding hydrogens is 354 g/mol. The van der Waals surface area contributed by atoms with E-state index in [0.717, 1.165) is 4.47 Å². The highest BCUT2D eigenvalue weighted by atomic mass is 79.9. The molecule has 0 aliphatic rings. The molecule has 1 N–H and O–H groups in total. The van der Waals surface area contributed by atoms with E-state index in [0.29, 0.717) is 11.3 Å². The van der Waals surface area contributed by atoms with Crippen LogP contribution < -0.4 is 9.47 Å². The Balaban J connectivity index is 2.59. The highest BCUT2D eigenvalue weighted by Crippen LogP contribution is 2.39. The molecule has 1 unspecified atom stereocenters. The van der Waals surface area contributed by atoms with Crippen LogP contribution in [0.25, 0.3) is 0 Å². The van der Waals surface area contributed by atoms with Crippen LogP contribution in [0.3, 0.4) is 0 Å². The van der Waals surface area contributed by atoms with Crippen LogP contribution in [-0.2, 0) is 0 Å². The molecule has 6 nitrogen and oxygen atoms in total. The molecule has 0 saturated heterocycles. The maximum atomic E-state index is 11.3. The second kappa shape index (κ2) is 6.76. The van der Waals surface area contributed by atoms with E-state index in [1.54, 1.807) is 24.3 Å². The quantitative estimate of drug-likeness (QED) is 0.646. The Morgan fingerprint density at radius 2 is 1.82 bits per heavy atom. The summed E-state index contributed by atoms with van der Waals surface area (Å²) in [6.45, 7) is 0. The van der Waals surface area contributed by atoms with Gasteiger partial charge in [-0.1, -0.05) is 28.1 Å². The zero-order valence-corrected chi connectivity index (χ0v) is 13.5. The van der Waals surface area contributed by atoms with Gasteiger partial charge in [0.1, 0.15) is 6.10 Å². The minimum Gasteiger partial charge on any atom is -0.493 e. The van der Waals surface area contributed by atoms with E-state index in [4.69, 9.17) is 9.47 Å². The van der Waals surface area contributed by atoms with Gasteiger partial charge in [-0.05, 0) is 23.8 Å². The Labute approximate surface area is 135 Å². The van der Waals surface area contributed by atoms with Gasteiger partial charge in [-0.3, -0.25) is 10.1 Å². The van der Waals surface area contributed by atoms with Gasteiger partial charge in [0, 0.05) is 4.47 Å². The number of hydrogen-bond donors (Lipinski definition) is 1. The summed E-state index contributed by atoms with van der Waals surface area (Å²) in [6, 6.07) is 9.60. The molecule has 0 saturated carbocycles. The largest absolute Gasteiger partial charge is 0.493 e. The lowest BCUT2D eigenvalue weighted by Gasteiger charge is -2.15. The van der Waals surface area contributed by atoms with Crippen molar-refractivity contribution in [3.63, 3.8) is 0 Å². The number of benzene rings is 2. The normalized spacial score (nSPS) is 11.8. The first-order chi connectivity index (χ1) is 10.5. The Morgan fingerprint density at radius 3 is 2.36 bits per heavy atom. The summed E-state index contributed by atoms with van der Waals surface area (Å²) in [5.74, 6) is 0.552. The van der Waals surface area contributed by atoms with Gasteiger partial charge in [-0.15, -0.1) is 0 Å². The molecule has 2 aromatic rings. The average molecular weight is 368 g/mol. The topological polar surface area (TPSA) is 81.8 Å². The summed E-state index contributed by atoms with van der Waals surface area (Å²) >= 11 is 3.31. The predicted molar refractivity (Wildman–Crippen MR) is 84.4 cm³/mol. The van der Waals surface area contributed by atoms with Gasteiger partial charge in [0.25, 0.3) is 5.69 Å². The number of aliphatic hydroxyl groups excluding tert-OH is 1. The lowest BCUT2D eigenvalue weighted by Crippen LogP contribution is -2.05. The number of nitrogens with zero attached hydrogens (tertiary/aromatic N) is 1. The van der Waals surface area contributed by atoms with Gasteiger partial charge < -0.3 is 14.6 Å². The second-order valence-corrected chi connectivity index (χ2v) is 5.40. The zero-order valence-electron chi connectivity index (χ0n) is 11.9. The zero-order chi connectivity index (χ0) is 16.3. The van der Waals surface area contributed by atoms with Crippen LogP contribution in [0.2, 0.25) is 0 Å². The van der Waals surface area contributed by atoms with E-state index in [-0.39, 0.29) is 17.0 Å². The first-order valence-electron chi connectivity index (χ1n) is 6.31. The Hall–Kier alpha value is -2.12. The highest BCUT2D eigenvalue weighted by Gasteiger charge is 2.25. The van der Waals surface area contributed by atoms with Crippen LogP contribution in [-0.4, -0.2) is 24.2 Å². The summed E-state index contributed by atoms with van der Waals surface area (Å²) in [4.78, 5) is 10.7. The third-order valence-corrected chi connectivity index (χ3v) is 3.68. The number of nitro groups is 1. The minimum atomic E-state index is -1.15. The summed E-state index contributed by atoms with van der Waals surface area (Å²) in [5, 5.41) is 21.8. The van der Waals surface area contributed by atoms with Crippen LogP contribution in [0.4, 0.5) is 5.69 Å². The summed E-state index contributed by atoms with van der Waals surface area (Å²) < 4.78 is 11.0. The van der Waals surface area contributed by atoms with Crippen LogP contribution in [0, 0.1) is 10.1 Å². The lowest BCUT2D eigenvalue weighted by molar-refractivity contribution is -0.386. The molecule has 0 amide bonds. The van der Waals surface area contributed by atoms with Gasteiger partial charge in [0.05, 0.1) is 30.8 Å². The predicted octanol–water partition coefficient (Wildman–Crippen LogP) is 3.46. The second-order valence-electron chi connectivity index (χ2n) is 4.48. The molecule has 116 valence electrons. The van der Waals surface area contributed by atoms with Gasteiger partial charge in [0.2, 0.25) is 0 Å². The molecule has 2 rings (SSSR count). The minimum absolute atomic E-state index is 0.140. The molecule has 0 bridgehead atoms. The molecular formula is C15H14BrNO5. The fraction of sp³-hybridized carbons (Fsp3) is 0.200. The third kappa shape index (κ3) is 3.20. The highest BCUT2D eigenvalue weighted by molar-refractivity contribution is 9.10. The Kier molecular flexibility index (Phi) is 4.99. The number of halogens is 1. The van der Waals surface area contributed by atoms with E-state index >= 15 is 0 Å². The molecule has 0 fully saturated rings. The number of rotatable bonds is 5. The molecule has 7 heteroatoms. The molecule has 0 radical (unpaired) electrons. The molecule has 1 atom stereocenters. The van der Waals surface area contributed by atoms with Crippen molar-refractivity contribution in [2.45, 2.75) is 6.10 Å². The van der Waals surface area contributed by atoms with Crippen molar-refractivity contribution in [1.82, 2.24) is 0 Å². The van der Waals surface area contributed by atoms with E-state index in [9.17, 15) is 15.2 Å². The van der Waals surface area contributed by atoms with Crippen molar-refractivity contribution in [3.05, 3.63) is 62.1 Å². The number of hydrogen-bond acceptors (Lipinski definition) is 5.